The highest BCUT2D eigenvalue weighted by atomic mass is 16.2. The molecule has 0 spiro atoms. The molecule has 4 amide bonds. The Morgan fingerprint density at radius 2 is 1.58 bits per heavy atom. The van der Waals surface area contributed by atoms with E-state index in [0.717, 1.165) is 5.56 Å². The summed E-state index contributed by atoms with van der Waals surface area (Å²) in [6.07, 6.45) is 1.77. The first-order valence-electron chi connectivity index (χ1n) is 9.73. The number of hydrogen-bond donors (Lipinski definition) is 4. The molecule has 8 nitrogen and oxygen atoms in total. The van der Waals surface area contributed by atoms with Crippen LogP contribution in [-0.2, 0) is 4.79 Å². The van der Waals surface area contributed by atoms with Gasteiger partial charge in [-0.15, -0.1) is 0 Å². The summed E-state index contributed by atoms with van der Waals surface area (Å²) in [4.78, 5) is 40.4. The highest BCUT2D eigenvalue weighted by Gasteiger charge is 2.08. The number of carbonyl (C=O) groups is 3. The number of aromatic nitrogens is 1. The van der Waals surface area contributed by atoms with Gasteiger partial charge in [0.05, 0.1) is 0 Å². The van der Waals surface area contributed by atoms with Crippen molar-refractivity contribution in [2.75, 3.05) is 22.5 Å². The van der Waals surface area contributed by atoms with Gasteiger partial charge in [-0.2, -0.15) is 0 Å². The minimum atomic E-state index is -0.451. The molecule has 1 aromatic heterocycles. The smallest absolute Gasteiger partial charge is 0.319 e. The Hall–Kier alpha value is -4.20. The van der Waals surface area contributed by atoms with Gasteiger partial charge in [0, 0.05) is 36.1 Å². The zero-order valence-electron chi connectivity index (χ0n) is 17.0. The normalized spacial score (nSPS) is 10.1. The van der Waals surface area contributed by atoms with Crippen molar-refractivity contribution in [2.24, 2.45) is 0 Å². The molecule has 3 aromatic rings. The number of urea groups is 1. The molecule has 8 heteroatoms. The van der Waals surface area contributed by atoms with E-state index in [-0.39, 0.29) is 24.8 Å². The summed E-state index contributed by atoms with van der Waals surface area (Å²) in [6, 6.07) is 18.8. The van der Waals surface area contributed by atoms with Crippen molar-refractivity contribution < 1.29 is 14.4 Å². The van der Waals surface area contributed by atoms with E-state index in [2.05, 4.69) is 26.3 Å². The summed E-state index contributed by atoms with van der Waals surface area (Å²) in [7, 11) is 0. The number of amides is 4. The third-order valence-electron chi connectivity index (χ3n) is 4.23. The minimum Gasteiger partial charge on any atom is -0.337 e. The van der Waals surface area contributed by atoms with Crippen LogP contribution in [0.25, 0.3) is 0 Å². The van der Waals surface area contributed by atoms with Crippen LogP contribution in [0.2, 0.25) is 0 Å². The predicted octanol–water partition coefficient (Wildman–Crippen LogP) is 3.79. The van der Waals surface area contributed by atoms with Crippen LogP contribution in [0.15, 0.2) is 72.9 Å². The zero-order chi connectivity index (χ0) is 22.1. The van der Waals surface area contributed by atoms with Crippen LogP contribution in [0.4, 0.5) is 22.0 Å². The van der Waals surface area contributed by atoms with Crippen LogP contribution in [-0.4, -0.2) is 29.4 Å². The Morgan fingerprint density at radius 1 is 0.839 bits per heavy atom. The van der Waals surface area contributed by atoms with Gasteiger partial charge < -0.3 is 21.3 Å². The number of nitrogens with one attached hydrogen (secondary N) is 4. The molecular weight excluding hydrogens is 394 g/mol. The third kappa shape index (κ3) is 6.97. The molecule has 0 bridgehead atoms. The Bertz CT molecular complexity index is 1050. The lowest BCUT2D eigenvalue weighted by atomic mass is 10.2. The van der Waals surface area contributed by atoms with E-state index in [4.69, 9.17) is 0 Å². The number of aryl methyl sites for hydroxylation is 1. The molecule has 158 valence electrons. The minimum absolute atomic E-state index is 0.107. The van der Waals surface area contributed by atoms with Gasteiger partial charge in [0.15, 0.2) is 0 Å². The van der Waals surface area contributed by atoms with E-state index >= 15 is 0 Å². The Balaban J connectivity index is 1.44. The molecular formula is C23H23N5O3. The molecule has 2 aromatic carbocycles. The van der Waals surface area contributed by atoms with Gasteiger partial charge in [-0.05, 0) is 48.9 Å². The number of pyridine rings is 1. The van der Waals surface area contributed by atoms with Crippen LogP contribution in [0, 0.1) is 6.92 Å². The molecule has 31 heavy (non-hydrogen) atoms. The SMILES string of the molecule is Cc1ccc(NC(=O)CCNC(=O)Nc2cccc(NC(=O)c3ccccc3)c2)nc1. The molecule has 0 atom stereocenters. The van der Waals surface area contributed by atoms with Gasteiger partial charge in [-0.25, -0.2) is 9.78 Å². The van der Waals surface area contributed by atoms with Crippen molar-refractivity contribution >= 4 is 35.0 Å². The first-order valence-corrected chi connectivity index (χ1v) is 9.73. The lowest BCUT2D eigenvalue weighted by molar-refractivity contribution is -0.116. The Morgan fingerprint density at radius 3 is 2.29 bits per heavy atom. The second-order valence-corrected chi connectivity index (χ2v) is 6.80. The summed E-state index contributed by atoms with van der Waals surface area (Å²) in [5, 5.41) is 10.8. The van der Waals surface area contributed by atoms with Crippen molar-refractivity contribution in [3.05, 3.63) is 84.1 Å². The molecule has 0 fully saturated rings. The molecule has 1 heterocycles. The largest absolute Gasteiger partial charge is 0.337 e. The maximum atomic E-state index is 12.2. The fourth-order valence-corrected chi connectivity index (χ4v) is 2.68. The van der Waals surface area contributed by atoms with Gasteiger partial charge in [0.2, 0.25) is 5.91 Å². The molecule has 4 N–H and O–H groups in total. The topological polar surface area (TPSA) is 112 Å². The average molecular weight is 417 g/mol. The predicted molar refractivity (Wildman–Crippen MR) is 120 cm³/mol. The summed E-state index contributed by atoms with van der Waals surface area (Å²) < 4.78 is 0. The van der Waals surface area contributed by atoms with Crippen LogP contribution < -0.4 is 21.3 Å². The maximum absolute atomic E-state index is 12.2. The highest BCUT2D eigenvalue weighted by Crippen LogP contribution is 2.16. The molecule has 0 aliphatic heterocycles. The summed E-state index contributed by atoms with van der Waals surface area (Å²) in [6.45, 7) is 2.07. The van der Waals surface area contributed by atoms with Gasteiger partial charge >= 0.3 is 6.03 Å². The lowest BCUT2D eigenvalue weighted by Gasteiger charge is -2.10. The fourth-order valence-electron chi connectivity index (χ4n) is 2.68. The van der Waals surface area contributed by atoms with E-state index in [1.807, 2.05) is 19.1 Å². The lowest BCUT2D eigenvalue weighted by Crippen LogP contribution is -2.31. The quantitative estimate of drug-likeness (QED) is 0.468. The molecule has 0 unspecified atom stereocenters. The van der Waals surface area contributed by atoms with Crippen molar-refractivity contribution in [2.45, 2.75) is 13.3 Å². The second kappa shape index (κ2) is 10.5. The van der Waals surface area contributed by atoms with Crippen molar-refractivity contribution in [1.82, 2.24) is 10.3 Å². The molecule has 3 rings (SSSR count). The summed E-state index contributed by atoms with van der Waals surface area (Å²) in [5.41, 5.74) is 2.60. The number of anilines is 3. The van der Waals surface area contributed by atoms with E-state index in [1.54, 1.807) is 60.8 Å². The molecule has 0 saturated heterocycles. The van der Waals surface area contributed by atoms with Crippen LogP contribution in [0.3, 0.4) is 0 Å². The molecule has 0 saturated carbocycles. The third-order valence-corrected chi connectivity index (χ3v) is 4.23. The summed E-state index contributed by atoms with van der Waals surface area (Å²) in [5.74, 6) is -0.0204. The number of carbonyl (C=O) groups excluding carboxylic acids is 3. The van der Waals surface area contributed by atoms with Gasteiger partial charge in [0.25, 0.3) is 5.91 Å². The van der Waals surface area contributed by atoms with E-state index in [1.165, 1.54) is 0 Å². The van der Waals surface area contributed by atoms with Crippen LogP contribution in [0.5, 0.6) is 0 Å². The fraction of sp³-hybridized carbons (Fsp3) is 0.130. The maximum Gasteiger partial charge on any atom is 0.319 e. The second-order valence-electron chi connectivity index (χ2n) is 6.80. The average Bonchev–Trinajstić information content (AvgIpc) is 2.76. The molecule has 0 radical (unpaired) electrons. The summed E-state index contributed by atoms with van der Waals surface area (Å²) >= 11 is 0. The van der Waals surface area contributed by atoms with Crippen molar-refractivity contribution in [3.63, 3.8) is 0 Å². The van der Waals surface area contributed by atoms with Gasteiger partial charge in [0.1, 0.15) is 5.82 Å². The molecule has 0 aliphatic rings. The van der Waals surface area contributed by atoms with E-state index < -0.39 is 6.03 Å². The van der Waals surface area contributed by atoms with E-state index in [9.17, 15) is 14.4 Å². The number of benzene rings is 2. The van der Waals surface area contributed by atoms with Crippen molar-refractivity contribution in [3.8, 4) is 0 Å². The first-order chi connectivity index (χ1) is 15.0. The standard InChI is InChI=1S/C23H23N5O3/c1-16-10-11-20(25-15-16)28-21(29)12-13-24-23(31)27-19-9-5-8-18(14-19)26-22(30)17-6-3-2-4-7-17/h2-11,14-15H,12-13H2,1H3,(H,26,30)(H2,24,27,31)(H,25,28,29). The highest BCUT2D eigenvalue weighted by molar-refractivity contribution is 6.04. The number of hydrogen-bond acceptors (Lipinski definition) is 4. The first kappa shape index (κ1) is 21.5. The molecule has 0 aliphatic carbocycles. The van der Waals surface area contributed by atoms with Crippen LogP contribution in [0.1, 0.15) is 22.3 Å². The Labute approximate surface area is 180 Å². The van der Waals surface area contributed by atoms with Crippen molar-refractivity contribution in [1.29, 1.82) is 0 Å². The number of nitrogens with zero attached hydrogens (tertiary/aromatic N) is 1. The monoisotopic (exact) mass is 417 g/mol. The Kier molecular flexibility index (Phi) is 7.31. The van der Waals surface area contributed by atoms with E-state index in [0.29, 0.717) is 22.8 Å². The zero-order valence-corrected chi connectivity index (χ0v) is 17.0. The number of rotatable bonds is 7. The van der Waals surface area contributed by atoms with Gasteiger partial charge in [-0.1, -0.05) is 30.3 Å². The van der Waals surface area contributed by atoms with Crippen LogP contribution >= 0.6 is 0 Å². The van der Waals surface area contributed by atoms with Gasteiger partial charge in [-0.3, -0.25) is 9.59 Å².